The minimum absolute atomic E-state index is 0.00142. The number of amides is 10. The van der Waals surface area contributed by atoms with Gasteiger partial charge in [-0.15, -0.1) is 0 Å². The van der Waals surface area contributed by atoms with Crippen LogP contribution in [0, 0.1) is 0 Å². The highest BCUT2D eigenvalue weighted by molar-refractivity contribution is 5.93. The molecule has 0 rings (SSSR count). The highest BCUT2D eigenvalue weighted by atomic mass is 16.7. The van der Waals surface area contributed by atoms with Crippen LogP contribution in [0.3, 0.4) is 0 Å². The predicted molar refractivity (Wildman–Crippen MR) is 416 cm³/mol. The van der Waals surface area contributed by atoms with Crippen LogP contribution in [0.25, 0.3) is 0 Å². The number of hydrazone groups is 4. The van der Waals surface area contributed by atoms with E-state index in [-0.39, 0.29) is 104 Å². The summed E-state index contributed by atoms with van der Waals surface area (Å²) in [5.74, 6) is -6.76. The summed E-state index contributed by atoms with van der Waals surface area (Å²) in [6.45, 7) is 7.04. The number of carbonyl (C=O) groups is 10. The highest BCUT2D eigenvalue weighted by Gasteiger charge is 2.28. The van der Waals surface area contributed by atoms with Crippen LogP contribution in [-0.2, 0) is 67.3 Å². The van der Waals surface area contributed by atoms with Gasteiger partial charge in [0.1, 0.15) is 18.1 Å². The van der Waals surface area contributed by atoms with Gasteiger partial charge < -0.3 is 64.6 Å². The lowest BCUT2D eigenvalue weighted by molar-refractivity contribution is -0.131. The van der Waals surface area contributed by atoms with E-state index in [2.05, 4.69) is 129 Å². The van der Waals surface area contributed by atoms with Gasteiger partial charge in [0, 0.05) is 96.5 Å². The zero-order valence-corrected chi connectivity index (χ0v) is 65.0. The van der Waals surface area contributed by atoms with Crippen LogP contribution >= 0.6 is 0 Å². The van der Waals surface area contributed by atoms with E-state index in [0.29, 0.717) is 0 Å². The van der Waals surface area contributed by atoms with Crippen LogP contribution in [0.4, 0.5) is 0 Å². The van der Waals surface area contributed by atoms with E-state index in [1.165, 1.54) is 128 Å². The van der Waals surface area contributed by atoms with Gasteiger partial charge in [-0.05, 0) is 70.6 Å². The first-order valence-electron chi connectivity index (χ1n) is 39.4. The molecular weight excluding hydrogens is 1380 g/mol. The summed E-state index contributed by atoms with van der Waals surface area (Å²) >= 11 is 0. The second kappa shape index (κ2) is 74.5. The third-order valence-electron chi connectivity index (χ3n) is 16.3. The molecule has 0 radical (unpaired) electrons. The Morgan fingerprint density at radius 2 is 0.551 bits per heavy atom. The molecule has 35 heteroatoms. The van der Waals surface area contributed by atoms with Crippen LogP contribution in [0.2, 0.25) is 0 Å². The molecule has 107 heavy (non-hydrogen) atoms. The number of rotatable bonds is 75. The molecule has 0 heterocycles. The number of nitrogens with zero attached hydrogens (tertiary/aromatic N) is 5. The number of hydrogen-bond acceptors (Lipinski definition) is 23. The molecule has 0 spiro atoms. The first kappa shape index (κ1) is 98.7. The normalized spacial score (nSPS) is 12.1. The first-order chi connectivity index (χ1) is 52.1. The van der Waals surface area contributed by atoms with E-state index in [9.17, 15) is 47.9 Å². The minimum atomic E-state index is -1.50. The van der Waals surface area contributed by atoms with Crippen molar-refractivity contribution < 1.29 is 67.3 Å². The van der Waals surface area contributed by atoms with Crippen molar-refractivity contribution >= 4 is 89.9 Å². The van der Waals surface area contributed by atoms with Crippen molar-refractivity contribution in [3.63, 3.8) is 0 Å². The third-order valence-corrected chi connectivity index (χ3v) is 16.3. The smallest absolute Gasteiger partial charge is 0.248 e. The molecule has 0 saturated carbocycles. The van der Waals surface area contributed by atoms with E-state index in [4.69, 9.17) is 30.8 Å². The van der Waals surface area contributed by atoms with E-state index in [1.54, 1.807) is 24.9 Å². The van der Waals surface area contributed by atoms with Crippen molar-refractivity contribution in [3.8, 4) is 0 Å². The van der Waals surface area contributed by atoms with Crippen molar-refractivity contribution in [2.45, 2.75) is 290 Å². The van der Waals surface area contributed by atoms with Crippen molar-refractivity contribution in [1.29, 1.82) is 0 Å². The molecule has 0 bridgehead atoms. The Kier molecular flexibility index (Phi) is 68.8. The summed E-state index contributed by atoms with van der Waals surface area (Å²) in [5.41, 5.74) is 21.0. The van der Waals surface area contributed by atoms with Gasteiger partial charge in [-0.1, -0.05) is 182 Å². The second-order valence-corrected chi connectivity index (χ2v) is 26.0. The van der Waals surface area contributed by atoms with E-state index in [1.807, 2.05) is 0 Å². The SMILES string of the molecule is CCCCCCCCC/C=N/NOCC(=O)NCCNC(=O)CC[C@H](NC(=O)CC[C@H](N=C(N)N)C(=O)N[C@@H](CCC(=O)NCCNC(=O)CON/N=C/CCCCCCCCC)C(=O)NCCNC(=O)CON/N=C/CCCCCCCCC)C(=O)NCCNC(=O)CON/N=C/CCCCCCCCC. The van der Waals surface area contributed by atoms with Gasteiger partial charge in [0.25, 0.3) is 0 Å². The van der Waals surface area contributed by atoms with E-state index >= 15 is 0 Å². The topological polar surface area (TPSA) is 490 Å². The fourth-order valence-electron chi connectivity index (χ4n) is 10.3. The lowest BCUT2D eigenvalue weighted by Crippen LogP contribution is -2.51. The lowest BCUT2D eigenvalue weighted by atomic mass is 10.1. The standard InChI is InChI=1S/C72H137N21O14/c1-5-9-13-17-21-25-29-33-43-83-90-104-55-65(97)77-49-47-75-62(94)40-37-59(69(101)81-53-51-79-67(99)57-106-92-85-45-35-31-27-23-19-15-11-7-3)87-64(96)42-39-61(89-72(73)74)71(103)88-60(70(102)82-54-52-80-68(100)58-107-93-86-46-36-32-28-24-20-16-12-8-4)38-41-63(95)76-48-50-78-66(98)56-105-91-84-44-34-30-26-22-18-14-10-6-2/h43-46,59-61,90-93H,5-42,47-58H2,1-4H3,(H,75,94)(H,76,95)(H,77,97)(H,78,98)(H,79,99)(H,80,100)(H,81,101)(H,82,102)(H,87,96)(H,88,103)(H4,73,74,89)/b83-43+,84-44+,85-45+,86-46+/t59-,60-,61-/m0/s1. The van der Waals surface area contributed by atoms with Crippen LogP contribution in [0.5, 0.6) is 0 Å². The Balaban J connectivity index is 5.90. The van der Waals surface area contributed by atoms with Gasteiger partial charge in [-0.2, -0.15) is 42.8 Å². The molecule has 35 nitrogen and oxygen atoms in total. The Hall–Kier alpha value is -8.31. The monoisotopic (exact) mass is 1520 g/mol. The second-order valence-electron chi connectivity index (χ2n) is 26.0. The largest absolute Gasteiger partial charge is 0.370 e. The Bertz CT molecular complexity index is 2500. The average molecular weight is 1520 g/mol. The van der Waals surface area contributed by atoms with Crippen LogP contribution in [0.15, 0.2) is 25.4 Å². The van der Waals surface area contributed by atoms with Crippen molar-refractivity contribution in [2.75, 3.05) is 78.8 Å². The molecule has 0 aromatic heterocycles. The zero-order chi connectivity index (χ0) is 78.5. The minimum Gasteiger partial charge on any atom is -0.370 e. The average Bonchev–Trinajstić information content (AvgIpc) is 0.887. The molecule has 0 aliphatic heterocycles. The number of guanidine groups is 1. The van der Waals surface area contributed by atoms with Crippen LogP contribution < -0.4 is 87.0 Å². The number of nitrogens with two attached hydrogens (primary N) is 2. The van der Waals surface area contributed by atoms with Gasteiger partial charge in [0.05, 0.1) is 0 Å². The molecule has 3 atom stereocenters. The number of nitrogens with one attached hydrogen (secondary N) is 14. The number of hydrogen-bond donors (Lipinski definition) is 16. The summed E-state index contributed by atoms with van der Waals surface area (Å²) in [7, 11) is 0. The van der Waals surface area contributed by atoms with E-state index in [0.717, 1.165) is 77.0 Å². The quantitative estimate of drug-likeness (QED) is 0.0173. The highest BCUT2D eigenvalue weighted by Crippen LogP contribution is 2.12. The van der Waals surface area contributed by atoms with Crippen molar-refractivity contribution in [2.24, 2.45) is 36.9 Å². The molecule has 18 N–H and O–H groups in total. The Labute approximate surface area is 635 Å². The fourth-order valence-corrected chi connectivity index (χ4v) is 10.3. The van der Waals surface area contributed by atoms with Gasteiger partial charge >= 0.3 is 0 Å². The molecule has 10 amide bonds. The molecule has 614 valence electrons. The summed E-state index contributed by atoms with van der Waals surface area (Å²) < 4.78 is 0. The molecule has 0 aromatic rings. The Morgan fingerprint density at radius 3 is 0.841 bits per heavy atom. The summed E-state index contributed by atoms with van der Waals surface area (Å²) in [5, 5.41) is 42.0. The Morgan fingerprint density at radius 1 is 0.299 bits per heavy atom. The predicted octanol–water partition coefficient (Wildman–Crippen LogP) is 4.46. The van der Waals surface area contributed by atoms with Gasteiger partial charge in [0.15, 0.2) is 32.4 Å². The summed E-state index contributed by atoms with van der Waals surface area (Å²) in [6, 6.07) is -4.23. The fraction of sp³-hybridized carbons (Fsp3) is 0.792. The molecule has 0 unspecified atom stereocenters. The maximum atomic E-state index is 14.1. The molecule has 0 saturated heterocycles. The summed E-state index contributed by atoms with van der Waals surface area (Å²) in [6.07, 6.45) is 40.7. The zero-order valence-electron chi connectivity index (χ0n) is 65.0. The first-order valence-corrected chi connectivity index (χ1v) is 39.4. The van der Waals surface area contributed by atoms with Gasteiger partial charge in [-0.25, -0.2) is 24.3 Å². The number of carbonyl (C=O) groups excluding carboxylic acids is 10. The lowest BCUT2D eigenvalue weighted by Gasteiger charge is -2.22. The van der Waals surface area contributed by atoms with Gasteiger partial charge in [0.2, 0.25) is 59.1 Å². The number of aliphatic imine (C=N–C) groups is 1. The van der Waals surface area contributed by atoms with E-state index < -0.39 is 96.2 Å². The number of unbranched alkanes of at least 4 members (excludes halogenated alkanes) is 28. The molecular formula is C72H137N21O14. The van der Waals surface area contributed by atoms with Crippen LogP contribution in [-0.4, -0.2) is 187 Å². The summed E-state index contributed by atoms with van der Waals surface area (Å²) in [4.78, 5) is 156. The third kappa shape index (κ3) is 68.0. The maximum Gasteiger partial charge on any atom is 0.248 e. The van der Waals surface area contributed by atoms with Crippen molar-refractivity contribution in [3.05, 3.63) is 0 Å². The van der Waals surface area contributed by atoms with Crippen molar-refractivity contribution in [1.82, 2.24) is 75.5 Å². The maximum absolute atomic E-state index is 14.1. The molecule has 0 aliphatic carbocycles. The molecule has 0 aromatic carbocycles. The molecule has 0 aliphatic rings. The van der Waals surface area contributed by atoms with Gasteiger partial charge in [-0.3, -0.25) is 47.9 Å². The molecule has 0 fully saturated rings. The van der Waals surface area contributed by atoms with Crippen LogP contribution in [0.1, 0.15) is 272 Å².